The van der Waals surface area contributed by atoms with E-state index >= 15 is 0 Å². The third-order valence-electron chi connectivity index (χ3n) is 2.33. The first-order chi connectivity index (χ1) is 8.02. The highest BCUT2D eigenvalue weighted by atomic mass is 35.5. The van der Waals surface area contributed by atoms with E-state index < -0.39 is 11.8 Å². The van der Waals surface area contributed by atoms with Gasteiger partial charge in [-0.3, -0.25) is 4.79 Å². The van der Waals surface area contributed by atoms with Gasteiger partial charge >= 0.3 is 5.97 Å². The molecule has 0 aliphatic rings. The smallest absolute Gasteiger partial charge is 0.325 e. The third-order valence-corrected chi connectivity index (χ3v) is 2.94. The van der Waals surface area contributed by atoms with Crippen LogP contribution >= 0.6 is 23.8 Å². The lowest BCUT2D eigenvalue weighted by Gasteiger charge is -2.03. The Hall–Kier alpha value is -1.40. The lowest BCUT2D eigenvalue weighted by atomic mass is 10.3. The van der Waals surface area contributed by atoms with E-state index in [4.69, 9.17) is 23.8 Å². The Morgan fingerprint density at radius 2 is 2.35 bits per heavy atom. The average molecular weight is 275 g/mol. The Bertz CT molecular complexity index is 650. The summed E-state index contributed by atoms with van der Waals surface area (Å²) in [4.78, 5) is 14.0. The molecule has 1 aromatic heterocycles. The van der Waals surface area contributed by atoms with Crippen molar-refractivity contribution in [2.75, 3.05) is 7.11 Å². The maximum atomic E-state index is 13.3. The van der Waals surface area contributed by atoms with Crippen molar-refractivity contribution >= 4 is 40.8 Å². The van der Waals surface area contributed by atoms with Crippen molar-refractivity contribution in [3.05, 3.63) is 27.7 Å². The molecule has 0 fully saturated rings. The molecule has 4 nitrogen and oxygen atoms in total. The van der Waals surface area contributed by atoms with E-state index in [-0.39, 0.29) is 11.6 Å². The van der Waals surface area contributed by atoms with Gasteiger partial charge < -0.3 is 14.3 Å². The van der Waals surface area contributed by atoms with E-state index in [0.29, 0.717) is 15.8 Å². The summed E-state index contributed by atoms with van der Waals surface area (Å²) in [6, 6.07) is 2.66. The summed E-state index contributed by atoms with van der Waals surface area (Å²) >= 11 is 10.7. The van der Waals surface area contributed by atoms with Crippen LogP contribution in [0.3, 0.4) is 0 Å². The fraction of sp³-hybridized carbons (Fsp3) is 0.200. The molecule has 0 bridgehead atoms. The molecule has 7 heteroatoms. The summed E-state index contributed by atoms with van der Waals surface area (Å²) in [7, 11) is 1.28. The third kappa shape index (κ3) is 2.18. The predicted octanol–water partition coefficient (Wildman–Crippen LogP) is 2.66. The van der Waals surface area contributed by atoms with E-state index in [1.807, 2.05) is 0 Å². The van der Waals surface area contributed by atoms with E-state index in [0.717, 1.165) is 0 Å². The number of hydrogen-bond acceptors (Lipinski definition) is 3. The minimum Gasteiger partial charge on any atom is -0.468 e. The number of fused-ring (bicyclic) bond motifs is 1. The number of ether oxygens (including phenoxy) is 1. The van der Waals surface area contributed by atoms with Crippen molar-refractivity contribution in [1.29, 1.82) is 0 Å². The van der Waals surface area contributed by atoms with Crippen LogP contribution in [0.15, 0.2) is 12.1 Å². The minimum absolute atomic E-state index is 0.000956. The molecule has 2 rings (SSSR count). The van der Waals surface area contributed by atoms with Gasteiger partial charge in [-0.15, -0.1) is 0 Å². The molecule has 90 valence electrons. The van der Waals surface area contributed by atoms with Crippen molar-refractivity contribution in [3.8, 4) is 0 Å². The molecular formula is C10H8ClFN2O2S. The highest BCUT2D eigenvalue weighted by Crippen LogP contribution is 2.22. The summed E-state index contributed by atoms with van der Waals surface area (Å²) in [5, 5.41) is -0.000956. The first-order valence-electron chi connectivity index (χ1n) is 4.67. The van der Waals surface area contributed by atoms with Crippen molar-refractivity contribution in [3.63, 3.8) is 0 Å². The Morgan fingerprint density at radius 1 is 1.65 bits per heavy atom. The summed E-state index contributed by atoms with van der Waals surface area (Å²) in [5.41, 5.74) is 1.05. The van der Waals surface area contributed by atoms with Crippen LogP contribution in [-0.4, -0.2) is 22.6 Å². The van der Waals surface area contributed by atoms with Gasteiger partial charge in [-0.05, 0) is 18.3 Å². The zero-order valence-electron chi connectivity index (χ0n) is 8.79. The normalized spacial score (nSPS) is 10.8. The van der Waals surface area contributed by atoms with E-state index in [9.17, 15) is 9.18 Å². The number of hydrogen-bond donors (Lipinski definition) is 1. The number of nitrogens with zero attached hydrogens (tertiary/aromatic N) is 1. The largest absolute Gasteiger partial charge is 0.468 e. The van der Waals surface area contributed by atoms with Crippen LogP contribution in [0.25, 0.3) is 11.0 Å². The van der Waals surface area contributed by atoms with Gasteiger partial charge in [-0.25, -0.2) is 4.39 Å². The minimum atomic E-state index is -0.563. The van der Waals surface area contributed by atoms with Gasteiger partial charge in [0.15, 0.2) is 4.77 Å². The van der Waals surface area contributed by atoms with Crippen molar-refractivity contribution in [2.45, 2.75) is 6.54 Å². The molecule has 2 aromatic rings. The van der Waals surface area contributed by atoms with Crippen molar-refractivity contribution in [1.82, 2.24) is 9.55 Å². The van der Waals surface area contributed by atoms with Crippen LogP contribution in [0, 0.1) is 10.6 Å². The predicted molar refractivity (Wildman–Crippen MR) is 64.1 cm³/mol. The van der Waals surface area contributed by atoms with Crippen LogP contribution in [-0.2, 0) is 16.1 Å². The SMILES string of the molecule is COC(=O)Cn1c(=S)[nH]c2cc(Cl)c(F)cc21. The number of esters is 1. The molecule has 0 atom stereocenters. The first kappa shape index (κ1) is 12.1. The number of halogens is 2. The maximum absolute atomic E-state index is 13.3. The van der Waals surface area contributed by atoms with E-state index in [2.05, 4.69) is 9.72 Å². The Labute approximate surface area is 106 Å². The molecule has 0 saturated carbocycles. The quantitative estimate of drug-likeness (QED) is 0.676. The van der Waals surface area contributed by atoms with Gasteiger partial charge in [-0.2, -0.15) is 0 Å². The zero-order valence-corrected chi connectivity index (χ0v) is 10.4. The number of H-pyrrole nitrogens is 1. The van der Waals surface area contributed by atoms with E-state index in [1.54, 1.807) is 0 Å². The number of imidazole rings is 1. The molecule has 0 spiro atoms. The molecule has 1 heterocycles. The zero-order chi connectivity index (χ0) is 12.6. The number of rotatable bonds is 2. The lowest BCUT2D eigenvalue weighted by Crippen LogP contribution is -2.11. The Morgan fingerprint density at radius 3 is 3.00 bits per heavy atom. The second-order valence-electron chi connectivity index (χ2n) is 3.38. The maximum Gasteiger partial charge on any atom is 0.325 e. The topological polar surface area (TPSA) is 47.0 Å². The second-order valence-corrected chi connectivity index (χ2v) is 4.17. The number of carbonyl (C=O) groups excluding carboxylic acids is 1. The van der Waals surface area contributed by atoms with Gasteiger partial charge in [-0.1, -0.05) is 11.6 Å². The number of methoxy groups -OCH3 is 1. The molecule has 0 saturated heterocycles. The number of benzene rings is 1. The first-order valence-corrected chi connectivity index (χ1v) is 5.46. The number of aromatic amines is 1. The van der Waals surface area contributed by atoms with E-state index in [1.165, 1.54) is 23.8 Å². The molecule has 0 aliphatic heterocycles. The summed E-state index contributed by atoms with van der Waals surface area (Å²) < 4.78 is 19.7. The molecule has 0 aliphatic carbocycles. The van der Waals surface area contributed by atoms with Crippen molar-refractivity contribution in [2.24, 2.45) is 0 Å². The van der Waals surface area contributed by atoms with Crippen LogP contribution in [0.4, 0.5) is 4.39 Å². The monoisotopic (exact) mass is 274 g/mol. The molecular weight excluding hydrogens is 267 g/mol. The highest BCUT2D eigenvalue weighted by Gasteiger charge is 2.11. The average Bonchev–Trinajstić information content (AvgIpc) is 2.56. The van der Waals surface area contributed by atoms with Gasteiger partial charge in [0.1, 0.15) is 12.4 Å². The number of aromatic nitrogens is 2. The summed E-state index contributed by atoms with van der Waals surface area (Å²) in [6.07, 6.45) is 0. The Kier molecular flexibility index (Phi) is 3.17. The van der Waals surface area contributed by atoms with Gasteiger partial charge in [0.25, 0.3) is 0 Å². The summed E-state index contributed by atoms with van der Waals surface area (Å²) in [6.45, 7) is -0.0730. The summed E-state index contributed by atoms with van der Waals surface area (Å²) in [5.74, 6) is -1.02. The van der Waals surface area contributed by atoms with Gasteiger partial charge in [0.05, 0.1) is 23.2 Å². The van der Waals surface area contributed by atoms with Gasteiger partial charge in [0.2, 0.25) is 0 Å². The lowest BCUT2D eigenvalue weighted by molar-refractivity contribution is -0.141. The number of carbonyl (C=O) groups is 1. The Balaban J connectivity index is 2.62. The van der Waals surface area contributed by atoms with Crippen LogP contribution in [0.1, 0.15) is 0 Å². The van der Waals surface area contributed by atoms with Gasteiger partial charge in [0, 0.05) is 6.07 Å². The molecule has 0 amide bonds. The van der Waals surface area contributed by atoms with Crippen LogP contribution in [0.5, 0.6) is 0 Å². The molecule has 0 radical (unpaired) electrons. The highest BCUT2D eigenvalue weighted by molar-refractivity contribution is 7.71. The molecule has 0 unspecified atom stereocenters. The second kappa shape index (κ2) is 4.46. The van der Waals surface area contributed by atoms with Crippen LogP contribution in [0.2, 0.25) is 5.02 Å². The van der Waals surface area contributed by atoms with Crippen molar-refractivity contribution < 1.29 is 13.9 Å². The molecule has 17 heavy (non-hydrogen) atoms. The van der Waals surface area contributed by atoms with Crippen LogP contribution < -0.4 is 0 Å². The standard InChI is InChI=1S/C10H8ClFN2O2S/c1-16-9(15)4-14-8-3-6(12)5(11)2-7(8)13-10(14)17/h2-3H,4H2,1H3,(H,13,17). The molecule has 1 N–H and O–H groups in total. The fourth-order valence-corrected chi connectivity index (χ4v) is 1.94. The fourth-order valence-electron chi connectivity index (χ4n) is 1.50. The molecule has 1 aromatic carbocycles. The number of nitrogens with one attached hydrogen (secondary N) is 1.